The number of benzene rings is 2. The second kappa shape index (κ2) is 8.19. The van der Waals surface area contributed by atoms with Crippen molar-refractivity contribution in [2.75, 3.05) is 10.2 Å². The standard InChI is InChI=1S/C25H19F3N2O2S/c26-25(27,28)24(32)30-19-10-5-4-9-17(19)29-18-13-16(15-7-2-1-3-8-15)14-20(31)22(18)23(30)21-11-6-12-33-21/h1-12,16,23,29H,13-14H2/t16-,23+/m1/s1. The molecule has 1 aliphatic carbocycles. The number of Topliss-reactive ketones (excluding diaryl/α,β-unsaturated/α-hetero) is 1. The van der Waals surface area contributed by atoms with E-state index in [9.17, 15) is 22.8 Å². The topological polar surface area (TPSA) is 49.4 Å². The normalized spacial score (nSPS) is 20.6. The average molecular weight is 469 g/mol. The van der Waals surface area contributed by atoms with Crippen molar-refractivity contribution in [3.05, 3.63) is 93.8 Å². The maximum absolute atomic E-state index is 13.8. The summed E-state index contributed by atoms with van der Waals surface area (Å²) in [6.45, 7) is 0. The molecule has 0 saturated carbocycles. The Kier molecular flexibility index (Phi) is 5.32. The lowest BCUT2D eigenvalue weighted by molar-refractivity contribution is -0.170. The third kappa shape index (κ3) is 3.84. The zero-order valence-corrected chi connectivity index (χ0v) is 18.1. The number of hydrogen-bond donors (Lipinski definition) is 1. The minimum atomic E-state index is -5.10. The van der Waals surface area contributed by atoms with Gasteiger partial charge in [0.25, 0.3) is 0 Å². The SMILES string of the molecule is O=C1C[C@H](c2ccccc2)CC2=C1[C@H](c1cccs1)N(C(=O)C(F)(F)F)c1ccccc1N2. The highest BCUT2D eigenvalue weighted by Gasteiger charge is 2.50. The van der Waals surface area contributed by atoms with Crippen molar-refractivity contribution < 1.29 is 22.8 Å². The molecule has 2 heterocycles. The summed E-state index contributed by atoms with van der Waals surface area (Å²) in [4.78, 5) is 27.5. The molecule has 168 valence electrons. The Morgan fingerprint density at radius 2 is 1.70 bits per heavy atom. The third-order valence-electron chi connectivity index (χ3n) is 6.03. The van der Waals surface area contributed by atoms with Gasteiger partial charge in [-0.1, -0.05) is 48.5 Å². The Morgan fingerprint density at radius 1 is 0.970 bits per heavy atom. The highest BCUT2D eigenvalue weighted by atomic mass is 32.1. The van der Waals surface area contributed by atoms with E-state index in [1.54, 1.807) is 35.7 Å². The molecule has 0 saturated heterocycles. The lowest BCUT2D eigenvalue weighted by atomic mass is 9.79. The molecular weight excluding hydrogens is 449 g/mol. The van der Waals surface area contributed by atoms with Crippen molar-refractivity contribution in [2.45, 2.75) is 31.0 Å². The van der Waals surface area contributed by atoms with E-state index in [4.69, 9.17) is 0 Å². The first kappa shape index (κ1) is 21.5. The van der Waals surface area contributed by atoms with Crippen LogP contribution in [0.25, 0.3) is 0 Å². The van der Waals surface area contributed by atoms with Crippen molar-refractivity contribution in [1.82, 2.24) is 0 Å². The Hall–Kier alpha value is -3.39. The molecule has 1 amide bonds. The quantitative estimate of drug-likeness (QED) is 0.486. The minimum absolute atomic E-state index is 0.0942. The third-order valence-corrected chi connectivity index (χ3v) is 6.96. The molecule has 5 rings (SSSR count). The number of carbonyl (C=O) groups is 2. The zero-order valence-electron chi connectivity index (χ0n) is 17.3. The van der Waals surface area contributed by atoms with E-state index >= 15 is 0 Å². The predicted molar refractivity (Wildman–Crippen MR) is 121 cm³/mol. The molecule has 8 heteroatoms. The minimum Gasteiger partial charge on any atom is -0.357 e. The van der Waals surface area contributed by atoms with Crippen LogP contribution in [-0.4, -0.2) is 17.9 Å². The van der Waals surface area contributed by atoms with Crippen LogP contribution in [0.3, 0.4) is 0 Å². The molecule has 0 spiro atoms. The van der Waals surface area contributed by atoms with Crippen molar-refractivity contribution in [1.29, 1.82) is 0 Å². The van der Waals surface area contributed by atoms with Crippen LogP contribution >= 0.6 is 11.3 Å². The number of para-hydroxylation sites is 2. The summed E-state index contributed by atoms with van der Waals surface area (Å²) >= 11 is 1.22. The summed E-state index contributed by atoms with van der Waals surface area (Å²) in [6.07, 6.45) is -4.48. The fourth-order valence-corrected chi connectivity index (χ4v) is 5.45. The highest BCUT2D eigenvalue weighted by molar-refractivity contribution is 7.10. The molecular formula is C25H19F3N2O2S. The Bertz CT molecular complexity index is 1240. The van der Waals surface area contributed by atoms with Gasteiger partial charge in [-0.05, 0) is 41.5 Å². The molecule has 4 nitrogen and oxygen atoms in total. The molecule has 0 radical (unpaired) electrons. The fraction of sp³-hybridized carbons (Fsp3) is 0.200. The monoisotopic (exact) mass is 468 g/mol. The van der Waals surface area contributed by atoms with E-state index in [0.717, 1.165) is 10.5 Å². The first-order valence-corrected chi connectivity index (χ1v) is 11.3. The lowest BCUT2D eigenvalue weighted by Crippen LogP contribution is -2.45. The molecule has 3 aromatic rings. The van der Waals surface area contributed by atoms with Gasteiger partial charge >= 0.3 is 12.1 Å². The number of carbonyl (C=O) groups excluding carboxylic acids is 2. The number of hydrogen-bond acceptors (Lipinski definition) is 4. The average Bonchev–Trinajstić information content (AvgIpc) is 3.28. The molecule has 0 bridgehead atoms. The number of anilines is 2. The van der Waals surface area contributed by atoms with Gasteiger partial charge in [0.1, 0.15) is 6.04 Å². The first-order valence-electron chi connectivity index (χ1n) is 10.5. The fourth-order valence-electron chi connectivity index (χ4n) is 4.63. The van der Waals surface area contributed by atoms with Crippen LogP contribution in [0.15, 0.2) is 83.4 Å². The number of alkyl halides is 3. The van der Waals surface area contributed by atoms with Gasteiger partial charge in [-0.2, -0.15) is 13.2 Å². The number of thiophene rings is 1. The van der Waals surface area contributed by atoms with Crippen LogP contribution in [0.4, 0.5) is 24.5 Å². The zero-order chi connectivity index (χ0) is 23.2. The van der Waals surface area contributed by atoms with Crippen LogP contribution in [0.2, 0.25) is 0 Å². The molecule has 0 fully saturated rings. The number of nitrogens with one attached hydrogen (secondary N) is 1. The lowest BCUT2D eigenvalue weighted by Gasteiger charge is -2.34. The van der Waals surface area contributed by atoms with E-state index in [0.29, 0.717) is 22.7 Å². The van der Waals surface area contributed by atoms with Crippen molar-refractivity contribution in [3.8, 4) is 0 Å². The van der Waals surface area contributed by atoms with Gasteiger partial charge in [0, 0.05) is 22.6 Å². The van der Waals surface area contributed by atoms with E-state index in [1.807, 2.05) is 30.3 Å². The van der Waals surface area contributed by atoms with E-state index in [1.165, 1.54) is 17.4 Å². The molecule has 2 atom stereocenters. The molecule has 1 aromatic heterocycles. The van der Waals surface area contributed by atoms with Crippen LogP contribution < -0.4 is 10.2 Å². The van der Waals surface area contributed by atoms with Crippen molar-refractivity contribution in [3.63, 3.8) is 0 Å². The van der Waals surface area contributed by atoms with Gasteiger partial charge in [-0.3, -0.25) is 14.5 Å². The molecule has 1 N–H and O–H groups in total. The van der Waals surface area contributed by atoms with Crippen molar-refractivity contribution >= 4 is 34.4 Å². The Balaban J connectivity index is 1.72. The number of amides is 1. The summed E-state index contributed by atoms with van der Waals surface area (Å²) in [5, 5.41) is 4.95. The van der Waals surface area contributed by atoms with Crippen LogP contribution in [-0.2, 0) is 9.59 Å². The number of rotatable bonds is 2. The number of allylic oxidation sites excluding steroid dienone is 1. The van der Waals surface area contributed by atoms with Gasteiger partial charge in [-0.15, -0.1) is 11.3 Å². The van der Waals surface area contributed by atoms with Crippen LogP contribution in [0.5, 0.6) is 0 Å². The smallest absolute Gasteiger partial charge is 0.357 e. The summed E-state index contributed by atoms with van der Waals surface area (Å²) < 4.78 is 41.3. The summed E-state index contributed by atoms with van der Waals surface area (Å²) in [7, 11) is 0. The number of halogens is 3. The number of nitrogens with zero attached hydrogens (tertiary/aromatic N) is 1. The Morgan fingerprint density at radius 3 is 2.39 bits per heavy atom. The first-order chi connectivity index (χ1) is 15.8. The summed E-state index contributed by atoms with van der Waals surface area (Å²) in [5.74, 6) is -2.36. The molecule has 1 aliphatic heterocycles. The maximum atomic E-state index is 13.8. The van der Waals surface area contributed by atoms with Crippen LogP contribution in [0.1, 0.15) is 35.2 Å². The second-order valence-corrected chi connectivity index (χ2v) is 9.04. The molecule has 0 unspecified atom stereocenters. The van der Waals surface area contributed by atoms with Gasteiger partial charge < -0.3 is 5.32 Å². The number of ketones is 1. The predicted octanol–water partition coefficient (Wildman–Crippen LogP) is 6.21. The van der Waals surface area contributed by atoms with Gasteiger partial charge in [0.05, 0.1) is 11.4 Å². The summed E-state index contributed by atoms with van der Waals surface area (Å²) in [5.41, 5.74) is 2.23. The van der Waals surface area contributed by atoms with E-state index in [2.05, 4.69) is 5.32 Å². The maximum Gasteiger partial charge on any atom is 0.471 e. The van der Waals surface area contributed by atoms with Gasteiger partial charge in [0.2, 0.25) is 0 Å². The Labute approximate surface area is 192 Å². The second-order valence-electron chi connectivity index (χ2n) is 8.06. The molecule has 33 heavy (non-hydrogen) atoms. The highest BCUT2D eigenvalue weighted by Crippen LogP contribution is 2.49. The largest absolute Gasteiger partial charge is 0.471 e. The molecule has 2 aromatic carbocycles. The van der Waals surface area contributed by atoms with Gasteiger partial charge in [-0.25, -0.2) is 0 Å². The van der Waals surface area contributed by atoms with E-state index < -0.39 is 18.1 Å². The number of fused-ring (bicyclic) bond motifs is 1. The van der Waals surface area contributed by atoms with Gasteiger partial charge in [0.15, 0.2) is 5.78 Å². The van der Waals surface area contributed by atoms with Crippen molar-refractivity contribution in [2.24, 2.45) is 0 Å². The van der Waals surface area contributed by atoms with Crippen LogP contribution in [0, 0.1) is 0 Å². The molecule has 2 aliphatic rings. The van der Waals surface area contributed by atoms with E-state index in [-0.39, 0.29) is 29.4 Å². The summed E-state index contributed by atoms with van der Waals surface area (Å²) in [6, 6.07) is 18.2.